The van der Waals surface area contributed by atoms with Crippen LogP contribution in [0, 0.1) is 40.4 Å². The quantitative estimate of drug-likeness (QED) is 0.737. The summed E-state index contributed by atoms with van der Waals surface area (Å²) in [6, 6.07) is 0. The highest BCUT2D eigenvalue weighted by molar-refractivity contribution is 5.54. The van der Waals surface area contributed by atoms with Gasteiger partial charge in [-0.2, -0.15) is 0 Å². The smallest absolute Gasteiger partial charge is 0.123 e. The number of aliphatic hydroxyl groups excluding tert-OH is 1. The maximum absolute atomic E-state index is 11.6. The number of hydrogen-bond donors (Lipinski definition) is 1. The van der Waals surface area contributed by atoms with Gasteiger partial charge in [0.1, 0.15) is 6.29 Å². The van der Waals surface area contributed by atoms with Crippen molar-refractivity contribution in [3.05, 3.63) is 0 Å². The van der Waals surface area contributed by atoms with Gasteiger partial charge in [0.2, 0.25) is 0 Å². The summed E-state index contributed by atoms with van der Waals surface area (Å²) in [5.41, 5.74) is 0.574. The third-order valence-electron chi connectivity index (χ3n) is 8.84. The molecule has 4 aliphatic rings. The largest absolute Gasteiger partial charge is 0.393 e. The summed E-state index contributed by atoms with van der Waals surface area (Å²) in [5.74, 6) is 3.30. The molecule has 2 nitrogen and oxygen atoms in total. The van der Waals surface area contributed by atoms with Gasteiger partial charge in [0.15, 0.2) is 0 Å². The van der Waals surface area contributed by atoms with Crippen LogP contribution in [0.5, 0.6) is 0 Å². The summed E-state index contributed by atoms with van der Waals surface area (Å²) in [6.07, 6.45) is 12.2. The van der Waals surface area contributed by atoms with Crippen molar-refractivity contribution in [2.24, 2.45) is 40.4 Å². The average Bonchev–Trinajstić information content (AvgIpc) is 2.81. The molecule has 0 saturated heterocycles. The Labute approximate surface area is 135 Å². The molecule has 0 spiro atoms. The molecule has 4 fully saturated rings. The molecule has 4 aliphatic carbocycles. The molecule has 0 bridgehead atoms. The third kappa shape index (κ3) is 1.85. The van der Waals surface area contributed by atoms with Crippen molar-refractivity contribution in [2.45, 2.75) is 77.7 Å². The van der Waals surface area contributed by atoms with Gasteiger partial charge in [0.25, 0.3) is 0 Å². The number of fused-ring (bicyclic) bond motifs is 5. The van der Waals surface area contributed by atoms with Crippen molar-refractivity contribution in [1.82, 2.24) is 0 Å². The van der Waals surface area contributed by atoms with Gasteiger partial charge in [0, 0.05) is 5.92 Å². The lowest BCUT2D eigenvalue weighted by atomic mass is 9.44. The zero-order chi connectivity index (χ0) is 15.5. The Hall–Kier alpha value is -0.370. The van der Waals surface area contributed by atoms with Crippen LogP contribution in [0.1, 0.15) is 71.6 Å². The fraction of sp³-hybridized carbons (Fsp3) is 0.950. The molecule has 0 aliphatic heterocycles. The Morgan fingerprint density at radius 3 is 2.36 bits per heavy atom. The first-order valence-corrected chi connectivity index (χ1v) is 9.64. The second-order valence-corrected chi connectivity index (χ2v) is 9.40. The number of carbonyl (C=O) groups is 1. The summed E-state index contributed by atoms with van der Waals surface area (Å²) in [5, 5.41) is 10.5. The van der Waals surface area contributed by atoms with E-state index in [1.54, 1.807) is 0 Å². The van der Waals surface area contributed by atoms with Crippen LogP contribution >= 0.6 is 0 Å². The Morgan fingerprint density at radius 1 is 0.864 bits per heavy atom. The van der Waals surface area contributed by atoms with E-state index in [4.69, 9.17) is 0 Å². The van der Waals surface area contributed by atoms with Crippen molar-refractivity contribution in [2.75, 3.05) is 0 Å². The zero-order valence-corrected chi connectivity index (χ0v) is 14.3. The summed E-state index contributed by atoms with van der Waals surface area (Å²) in [4.78, 5) is 11.6. The second kappa shape index (κ2) is 5.06. The molecule has 22 heavy (non-hydrogen) atoms. The van der Waals surface area contributed by atoms with Crippen LogP contribution in [0.2, 0.25) is 0 Å². The Morgan fingerprint density at radius 2 is 1.59 bits per heavy atom. The van der Waals surface area contributed by atoms with Gasteiger partial charge in [-0.15, -0.1) is 0 Å². The van der Waals surface area contributed by atoms with Crippen LogP contribution in [-0.4, -0.2) is 17.5 Å². The summed E-state index contributed by atoms with van der Waals surface area (Å²) < 4.78 is 0. The van der Waals surface area contributed by atoms with E-state index in [0.717, 1.165) is 30.6 Å². The van der Waals surface area contributed by atoms with Gasteiger partial charge in [-0.05, 0) is 85.9 Å². The molecule has 0 unspecified atom stereocenters. The normalized spacial score (nSPS) is 57.6. The predicted molar refractivity (Wildman–Crippen MR) is 87.3 cm³/mol. The molecular formula is C20H32O2. The van der Waals surface area contributed by atoms with Gasteiger partial charge < -0.3 is 9.90 Å². The molecule has 0 aromatic rings. The number of aliphatic hydroxyl groups is 1. The topological polar surface area (TPSA) is 37.3 Å². The van der Waals surface area contributed by atoms with Crippen LogP contribution in [0.15, 0.2) is 0 Å². The molecule has 2 heteroatoms. The first-order valence-electron chi connectivity index (χ1n) is 9.64. The minimum Gasteiger partial charge on any atom is -0.393 e. The molecule has 0 amide bonds. The maximum atomic E-state index is 11.6. The second-order valence-electron chi connectivity index (χ2n) is 9.40. The Bertz CT molecular complexity index is 461. The van der Waals surface area contributed by atoms with Crippen LogP contribution in [0.4, 0.5) is 0 Å². The highest BCUT2D eigenvalue weighted by atomic mass is 16.3. The van der Waals surface area contributed by atoms with Crippen molar-refractivity contribution >= 4 is 6.29 Å². The summed E-state index contributed by atoms with van der Waals surface area (Å²) in [6.45, 7) is 4.87. The molecular weight excluding hydrogens is 272 g/mol. The number of hydrogen-bond acceptors (Lipinski definition) is 2. The first-order chi connectivity index (χ1) is 10.5. The molecule has 124 valence electrons. The molecule has 0 aromatic heterocycles. The lowest BCUT2D eigenvalue weighted by Crippen LogP contribution is -2.55. The minimum absolute atomic E-state index is 0.0712. The number of carbonyl (C=O) groups excluding carboxylic acids is 1. The van der Waals surface area contributed by atoms with E-state index in [1.165, 1.54) is 51.2 Å². The molecule has 4 rings (SSSR count). The van der Waals surface area contributed by atoms with E-state index in [0.29, 0.717) is 17.3 Å². The number of rotatable bonds is 1. The average molecular weight is 304 g/mol. The fourth-order valence-electron chi connectivity index (χ4n) is 7.61. The van der Waals surface area contributed by atoms with Gasteiger partial charge in [-0.1, -0.05) is 20.3 Å². The number of aldehydes is 1. The van der Waals surface area contributed by atoms with E-state index in [9.17, 15) is 9.90 Å². The van der Waals surface area contributed by atoms with Crippen LogP contribution in [-0.2, 0) is 4.79 Å². The standard InChI is InChI=1S/C20H32O2/c1-19-10-3-4-13(12-21)15(19)6-5-14-16-7-8-18(22)20(16,2)11-9-17(14)19/h12-18,22H,3-11H2,1-2H3/t13-,14-,15-,16-,17-,18-,19-,20-/m0/s1. The highest BCUT2D eigenvalue weighted by Crippen LogP contribution is 2.66. The highest BCUT2D eigenvalue weighted by Gasteiger charge is 2.60. The summed E-state index contributed by atoms with van der Waals surface area (Å²) in [7, 11) is 0. The molecule has 4 saturated carbocycles. The first kappa shape index (κ1) is 15.2. The van der Waals surface area contributed by atoms with E-state index >= 15 is 0 Å². The molecule has 0 aromatic carbocycles. The SMILES string of the molecule is C[C@]12CCC[C@@H](C=O)[C@@H]1CC[C@@H]1[C@@H]2CC[C@]2(C)[C@@H](O)CC[C@@H]12. The van der Waals surface area contributed by atoms with E-state index in [2.05, 4.69) is 13.8 Å². The molecule has 0 radical (unpaired) electrons. The third-order valence-corrected chi connectivity index (χ3v) is 8.84. The van der Waals surface area contributed by atoms with Crippen LogP contribution < -0.4 is 0 Å². The summed E-state index contributed by atoms with van der Waals surface area (Å²) >= 11 is 0. The maximum Gasteiger partial charge on any atom is 0.123 e. The Balaban J connectivity index is 1.65. The van der Waals surface area contributed by atoms with Gasteiger partial charge >= 0.3 is 0 Å². The predicted octanol–water partition coefficient (Wildman–Crippen LogP) is 4.21. The minimum atomic E-state index is -0.0712. The molecule has 1 N–H and O–H groups in total. The van der Waals surface area contributed by atoms with E-state index in [-0.39, 0.29) is 11.5 Å². The van der Waals surface area contributed by atoms with Crippen molar-refractivity contribution in [1.29, 1.82) is 0 Å². The lowest BCUT2D eigenvalue weighted by molar-refractivity contribution is -0.142. The van der Waals surface area contributed by atoms with Crippen molar-refractivity contribution in [3.8, 4) is 0 Å². The van der Waals surface area contributed by atoms with Gasteiger partial charge in [-0.3, -0.25) is 0 Å². The monoisotopic (exact) mass is 304 g/mol. The van der Waals surface area contributed by atoms with Crippen molar-refractivity contribution in [3.63, 3.8) is 0 Å². The zero-order valence-electron chi connectivity index (χ0n) is 14.3. The van der Waals surface area contributed by atoms with E-state index in [1.807, 2.05) is 0 Å². The lowest BCUT2D eigenvalue weighted by Gasteiger charge is -2.61. The van der Waals surface area contributed by atoms with E-state index < -0.39 is 0 Å². The molecule has 0 heterocycles. The van der Waals surface area contributed by atoms with Crippen LogP contribution in [0.3, 0.4) is 0 Å². The van der Waals surface area contributed by atoms with Crippen molar-refractivity contribution < 1.29 is 9.90 Å². The fourth-order valence-corrected chi connectivity index (χ4v) is 7.61. The van der Waals surface area contributed by atoms with Crippen LogP contribution in [0.25, 0.3) is 0 Å². The Kier molecular flexibility index (Phi) is 3.49. The molecule has 8 atom stereocenters. The van der Waals surface area contributed by atoms with Gasteiger partial charge in [-0.25, -0.2) is 0 Å². The van der Waals surface area contributed by atoms with Gasteiger partial charge in [0.05, 0.1) is 6.10 Å².